The third-order valence-corrected chi connectivity index (χ3v) is 3.27. The molecule has 0 aromatic rings. The Bertz CT molecular complexity index is 221. The molecule has 0 aromatic carbocycles. The number of carbonyl (C=O) groups excluding carboxylic acids is 1. The number of hydrogen-bond donors (Lipinski definition) is 3. The van der Waals surface area contributed by atoms with E-state index >= 15 is 0 Å². The van der Waals surface area contributed by atoms with E-state index in [1.54, 1.807) is 0 Å². The van der Waals surface area contributed by atoms with E-state index in [1.165, 1.54) is 0 Å². The zero-order valence-corrected chi connectivity index (χ0v) is 10.3. The van der Waals surface area contributed by atoms with E-state index < -0.39 is 0 Å². The van der Waals surface area contributed by atoms with Crippen molar-refractivity contribution < 1.29 is 9.90 Å². The smallest absolute Gasteiger partial charge is 0.234 e. The van der Waals surface area contributed by atoms with Gasteiger partial charge in [0.05, 0.1) is 12.6 Å². The maximum atomic E-state index is 11.5. The van der Waals surface area contributed by atoms with E-state index in [2.05, 4.69) is 10.6 Å². The number of rotatable bonds is 5. The minimum absolute atomic E-state index is 0.0205. The number of aliphatic hydroxyl groups is 1. The molecule has 3 N–H and O–H groups in total. The van der Waals surface area contributed by atoms with Crippen LogP contribution in [0.25, 0.3) is 0 Å². The molecule has 0 radical (unpaired) electrons. The molecule has 1 amide bonds. The minimum atomic E-state index is -0.287. The summed E-state index contributed by atoms with van der Waals surface area (Å²) >= 11 is 0. The van der Waals surface area contributed by atoms with Crippen LogP contribution in [0.15, 0.2) is 0 Å². The second-order valence-corrected chi connectivity index (χ2v) is 4.72. The van der Waals surface area contributed by atoms with Gasteiger partial charge < -0.3 is 15.7 Å². The number of amides is 1. The van der Waals surface area contributed by atoms with Crippen LogP contribution in [0, 0.1) is 0 Å². The molecule has 0 aromatic heterocycles. The quantitative estimate of drug-likeness (QED) is 0.652. The van der Waals surface area contributed by atoms with Gasteiger partial charge in [-0.3, -0.25) is 4.79 Å². The van der Waals surface area contributed by atoms with Crippen LogP contribution < -0.4 is 10.6 Å². The van der Waals surface area contributed by atoms with Crippen LogP contribution in [-0.2, 0) is 4.79 Å². The van der Waals surface area contributed by atoms with Gasteiger partial charge in [0.2, 0.25) is 5.91 Å². The molecule has 1 aliphatic rings. The van der Waals surface area contributed by atoms with Crippen molar-refractivity contribution in [3.8, 4) is 0 Å². The van der Waals surface area contributed by atoms with E-state index in [0.717, 1.165) is 32.1 Å². The van der Waals surface area contributed by atoms with Crippen LogP contribution in [0.4, 0.5) is 0 Å². The molecule has 0 saturated heterocycles. The summed E-state index contributed by atoms with van der Waals surface area (Å²) in [5, 5.41) is 15.8. The normalized spacial score (nSPS) is 27.4. The van der Waals surface area contributed by atoms with Crippen LogP contribution in [-0.4, -0.2) is 35.7 Å². The van der Waals surface area contributed by atoms with Gasteiger partial charge in [0.15, 0.2) is 0 Å². The van der Waals surface area contributed by atoms with E-state index in [-0.39, 0.29) is 24.1 Å². The number of carbonyl (C=O) groups is 1. The average Bonchev–Trinajstić information content (AvgIpc) is 2.28. The number of hydrogen-bond acceptors (Lipinski definition) is 3. The highest BCUT2D eigenvalue weighted by Gasteiger charge is 2.22. The highest BCUT2D eigenvalue weighted by Crippen LogP contribution is 2.17. The van der Waals surface area contributed by atoms with Gasteiger partial charge in [0.1, 0.15) is 0 Å². The molecule has 0 heterocycles. The van der Waals surface area contributed by atoms with Crippen LogP contribution in [0.5, 0.6) is 0 Å². The maximum Gasteiger partial charge on any atom is 0.234 e. The zero-order chi connectivity index (χ0) is 12.0. The fourth-order valence-electron chi connectivity index (χ4n) is 2.00. The molecule has 1 aliphatic carbocycles. The number of aliphatic hydroxyl groups excluding tert-OH is 1. The lowest BCUT2D eigenvalue weighted by atomic mass is 9.92. The molecule has 1 fully saturated rings. The molecule has 3 atom stereocenters. The first-order valence-corrected chi connectivity index (χ1v) is 6.34. The summed E-state index contributed by atoms with van der Waals surface area (Å²) in [5.74, 6) is 0.0205. The lowest BCUT2D eigenvalue weighted by Gasteiger charge is -2.28. The topological polar surface area (TPSA) is 61.4 Å². The average molecular weight is 228 g/mol. The molecule has 0 aliphatic heterocycles. The Balaban J connectivity index is 2.20. The Hall–Kier alpha value is -0.610. The Kier molecular flexibility index (Phi) is 5.77. The molecular formula is C12H24N2O2. The molecular weight excluding hydrogens is 204 g/mol. The molecule has 4 nitrogen and oxygen atoms in total. The summed E-state index contributed by atoms with van der Waals surface area (Å²) in [4.78, 5) is 11.5. The van der Waals surface area contributed by atoms with Crippen molar-refractivity contribution >= 4 is 5.91 Å². The largest absolute Gasteiger partial charge is 0.392 e. The third-order valence-electron chi connectivity index (χ3n) is 3.27. The van der Waals surface area contributed by atoms with E-state index in [0.29, 0.717) is 6.54 Å². The Morgan fingerprint density at radius 2 is 2.12 bits per heavy atom. The molecule has 0 bridgehead atoms. The van der Waals surface area contributed by atoms with Crippen LogP contribution in [0.1, 0.15) is 46.0 Å². The Morgan fingerprint density at radius 1 is 1.44 bits per heavy atom. The third kappa shape index (κ3) is 4.49. The standard InChI is InChI=1S/C12H24N2O2/c1-3-9(2)14-12(16)8-13-10-6-4-5-7-11(10)15/h9-11,13,15H,3-8H2,1-2H3,(H,14,16). The maximum absolute atomic E-state index is 11.5. The monoisotopic (exact) mass is 228 g/mol. The van der Waals surface area contributed by atoms with Crippen molar-refractivity contribution in [2.45, 2.75) is 64.1 Å². The SMILES string of the molecule is CCC(C)NC(=O)CNC1CCCCC1O. The van der Waals surface area contributed by atoms with Crippen molar-refractivity contribution in [1.82, 2.24) is 10.6 Å². The summed E-state index contributed by atoms with van der Waals surface area (Å²) in [6.07, 6.45) is 4.71. The lowest BCUT2D eigenvalue weighted by Crippen LogP contribution is -2.47. The summed E-state index contributed by atoms with van der Waals surface area (Å²) in [7, 11) is 0. The van der Waals surface area contributed by atoms with E-state index in [9.17, 15) is 9.90 Å². The van der Waals surface area contributed by atoms with Crippen molar-refractivity contribution in [2.75, 3.05) is 6.54 Å². The fraction of sp³-hybridized carbons (Fsp3) is 0.917. The Morgan fingerprint density at radius 3 is 2.75 bits per heavy atom. The number of nitrogens with one attached hydrogen (secondary N) is 2. The van der Waals surface area contributed by atoms with Gasteiger partial charge in [-0.1, -0.05) is 19.8 Å². The molecule has 4 heteroatoms. The first-order valence-electron chi connectivity index (χ1n) is 6.34. The molecule has 3 unspecified atom stereocenters. The lowest BCUT2D eigenvalue weighted by molar-refractivity contribution is -0.121. The fourth-order valence-corrected chi connectivity index (χ4v) is 2.00. The van der Waals surface area contributed by atoms with Gasteiger partial charge >= 0.3 is 0 Å². The first-order chi connectivity index (χ1) is 7.63. The molecule has 0 spiro atoms. The summed E-state index contributed by atoms with van der Waals surface area (Å²) in [6.45, 7) is 4.35. The molecule has 94 valence electrons. The van der Waals surface area contributed by atoms with Crippen molar-refractivity contribution in [2.24, 2.45) is 0 Å². The predicted octanol–water partition coefficient (Wildman–Crippen LogP) is 0.794. The minimum Gasteiger partial charge on any atom is -0.392 e. The molecule has 16 heavy (non-hydrogen) atoms. The molecule has 1 rings (SSSR count). The highest BCUT2D eigenvalue weighted by molar-refractivity contribution is 5.78. The van der Waals surface area contributed by atoms with Gasteiger partial charge in [-0.15, -0.1) is 0 Å². The van der Waals surface area contributed by atoms with Crippen molar-refractivity contribution in [1.29, 1.82) is 0 Å². The van der Waals surface area contributed by atoms with E-state index in [1.807, 2.05) is 13.8 Å². The van der Waals surface area contributed by atoms with Crippen LogP contribution in [0.3, 0.4) is 0 Å². The second kappa shape index (κ2) is 6.86. The van der Waals surface area contributed by atoms with Gasteiger partial charge in [-0.05, 0) is 26.2 Å². The molecule has 1 saturated carbocycles. The zero-order valence-electron chi connectivity index (χ0n) is 10.3. The van der Waals surface area contributed by atoms with Crippen LogP contribution in [0.2, 0.25) is 0 Å². The van der Waals surface area contributed by atoms with E-state index in [4.69, 9.17) is 0 Å². The predicted molar refractivity (Wildman–Crippen MR) is 64.2 cm³/mol. The summed E-state index contributed by atoms with van der Waals surface area (Å²) < 4.78 is 0. The van der Waals surface area contributed by atoms with Crippen LogP contribution >= 0.6 is 0 Å². The second-order valence-electron chi connectivity index (χ2n) is 4.72. The summed E-state index contributed by atoms with van der Waals surface area (Å²) in [5.41, 5.74) is 0. The first kappa shape index (κ1) is 13.5. The van der Waals surface area contributed by atoms with Gasteiger partial charge in [0.25, 0.3) is 0 Å². The van der Waals surface area contributed by atoms with Gasteiger partial charge in [0, 0.05) is 12.1 Å². The van der Waals surface area contributed by atoms with Gasteiger partial charge in [-0.2, -0.15) is 0 Å². The Labute approximate surface area is 97.8 Å². The van der Waals surface area contributed by atoms with Gasteiger partial charge in [-0.25, -0.2) is 0 Å². The summed E-state index contributed by atoms with van der Waals surface area (Å²) in [6, 6.07) is 0.321. The van der Waals surface area contributed by atoms with Crippen molar-refractivity contribution in [3.05, 3.63) is 0 Å². The van der Waals surface area contributed by atoms with Crippen molar-refractivity contribution in [3.63, 3.8) is 0 Å². The highest BCUT2D eigenvalue weighted by atomic mass is 16.3.